The maximum absolute atomic E-state index is 12.6. The van der Waals surface area contributed by atoms with Gasteiger partial charge in [0.2, 0.25) is 10.0 Å². The molecule has 1 aliphatic heterocycles. The van der Waals surface area contributed by atoms with Gasteiger partial charge >= 0.3 is 0 Å². The zero-order chi connectivity index (χ0) is 16.4. The molecular weight excluding hydrogens is 312 g/mol. The quantitative estimate of drug-likeness (QED) is 0.849. The van der Waals surface area contributed by atoms with Crippen LogP contribution < -0.4 is 4.90 Å². The third kappa shape index (κ3) is 2.91. The smallest absolute Gasteiger partial charge is 0.243 e. The minimum atomic E-state index is -3.55. The zero-order valence-electron chi connectivity index (χ0n) is 12.6. The van der Waals surface area contributed by atoms with Gasteiger partial charge < -0.3 is 4.90 Å². The van der Waals surface area contributed by atoms with E-state index in [2.05, 4.69) is 4.98 Å². The first-order valence-electron chi connectivity index (χ1n) is 7.16. The number of sulfonamides is 1. The summed E-state index contributed by atoms with van der Waals surface area (Å²) in [7, 11) is -1.96. The molecule has 118 valence electrons. The number of aromatic nitrogens is 1. The van der Waals surface area contributed by atoms with Gasteiger partial charge in [0.15, 0.2) is 0 Å². The Morgan fingerprint density at radius 1 is 1.22 bits per heavy atom. The molecule has 1 saturated heterocycles. The summed E-state index contributed by atoms with van der Waals surface area (Å²) in [6, 6.07) is 13.5. The van der Waals surface area contributed by atoms with E-state index in [0.29, 0.717) is 18.7 Å². The van der Waals surface area contributed by atoms with Gasteiger partial charge in [-0.2, -0.15) is 9.57 Å². The molecule has 1 fully saturated rings. The molecule has 6 nitrogen and oxygen atoms in total. The fourth-order valence-electron chi connectivity index (χ4n) is 2.48. The molecule has 23 heavy (non-hydrogen) atoms. The first-order chi connectivity index (χ1) is 11.0. The van der Waals surface area contributed by atoms with Gasteiger partial charge in [0, 0.05) is 26.3 Å². The lowest BCUT2D eigenvalue weighted by Crippen LogP contribution is -2.60. The highest BCUT2D eigenvalue weighted by molar-refractivity contribution is 7.89. The lowest BCUT2D eigenvalue weighted by Gasteiger charge is -2.43. The highest BCUT2D eigenvalue weighted by Crippen LogP contribution is 2.25. The van der Waals surface area contributed by atoms with Crippen LogP contribution in [0.4, 0.5) is 5.82 Å². The van der Waals surface area contributed by atoms with Crippen LogP contribution in [0.25, 0.3) is 0 Å². The predicted octanol–water partition coefficient (Wildman–Crippen LogP) is 1.46. The Labute approximate surface area is 135 Å². The molecule has 0 bridgehead atoms. The number of anilines is 1. The standard InChI is InChI=1S/C16H16N4O2S/c1-19(14-11-20(12-14)16-4-2-3-9-18-16)23(21,22)15-7-5-13(10-17)6-8-15/h2-9,14H,11-12H2,1H3. The van der Waals surface area contributed by atoms with Gasteiger partial charge in [-0.15, -0.1) is 0 Å². The summed E-state index contributed by atoms with van der Waals surface area (Å²) >= 11 is 0. The van der Waals surface area contributed by atoms with Crippen molar-refractivity contribution >= 4 is 15.8 Å². The van der Waals surface area contributed by atoms with E-state index in [-0.39, 0.29) is 10.9 Å². The highest BCUT2D eigenvalue weighted by Gasteiger charge is 2.37. The summed E-state index contributed by atoms with van der Waals surface area (Å²) in [5.74, 6) is 0.855. The van der Waals surface area contributed by atoms with E-state index in [1.54, 1.807) is 13.2 Å². The number of likely N-dealkylation sites (N-methyl/N-ethyl adjacent to an activating group) is 1. The van der Waals surface area contributed by atoms with Crippen LogP contribution in [0.5, 0.6) is 0 Å². The van der Waals surface area contributed by atoms with Crippen LogP contribution in [0.15, 0.2) is 53.6 Å². The second kappa shape index (κ2) is 5.99. The molecule has 2 heterocycles. The first kappa shape index (κ1) is 15.5. The SMILES string of the molecule is CN(C1CN(c2ccccn2)C1)S(=O)(=O)c1ccc(C#N)cc1. The average Bonchev–Trinajstić information content (AvgIpc) is 2.54. The van der Waals surface area contributed by atoms with E-state index in [9.17, 15) is 8.42 Å². The predicted molar refractivity (Wildman–Crippen MR) is 86.3 cm³/mol. The molecule has 0 saturated carbocycles. The maximum Gasteiger partial charge on any atom is 0.243 e. The van der Waals surface area contributed by atoms with Crippen molar-refractivity contribution in [3.63, 3.8) is 0 Å². The maximum atomic E-state index is 12.6. The number of pyridine rings is 1. The van der Waals surface area contributed by atoms with Crippen LogP contribution in [-0.2, 0) is 10.0 Å². The average molecular weight is 328 g/mol. The molecule has 0 N–H and O–H groups in total. The van der Waals surface area contributed by atoms with Crippen molar-refractivity contribution in [3.05, 3.63) is 54.2 Å². The number of rotatable bonds is 4. The molecule has 0 unspecified atom stereocenters. The summed E-state index contributed by atoms with van der Waals surface area (Å²) in [4.78, 5) is 6.50. The Morgan fingerprint density at radius 3 is 2.48 bits per heavy atom. The zero-order valence-corrected chi connectivity index (χ0v) is 13.4. The summed E-state index contributed by atoms with van der Waals surface area (Å²) < 4.78 is 26.6. The molecule has 3 rings (SSSR count). The molecule has 0 amide bonds. The minimum Gasteiger partial charge on any atom is -0.353 e. The Morgan fingerprint density at radius 2 is 1.91 bits per heavy atom. The second-order valence-corrected chi connectivity index (χ2v) is 7.40. The monoisotopic (exact) mass is 328 g/mol. The first-order valence-corrected chi connectivity index (χ1v) is 8.60. The van der Waals surface area contributed by atoms with Crippen LogP contribution in [0.1, 0.15) is 5.56 Å². The van der Waals surface area contributed by atoms with Crippen LogP contribution in [-0.4, -0.2) is 43.9 Å². The van der Waals surface area contributed by atoms with E-state index in [0.717, 1.165) is 5.82 Å². The van der Waals surface area contributed by atoms with Gasteiger partial charge in [0.25, 0.3) is 0 Å². The Kier molecular flexibility index (Phi) is 4.03. The molecule has 1 aliphatic rings. The van der Waals surface area contributed by atoms with Crippen LogP contribution in [0, 0.1) is 11.3 Å². The normalized spacial score (nSPS) is 15.3. The van der Waals surface area contributed by atoms with Gasteiger partial charge in [-0.3, -0.25) is 0 Å². The topological polar surface area (TPSA) is 77.3 Å². The number of hydrogen-bond donors (Lipinski definition) is 0. The Hall–Kier alpha value is -2.43. The van der Waals surface area contributed by atoms with Crippen molar-refractivity contribution in [2.45, 2.75) is 10.9 Å². The summed E-state index contributed by atoms with van der Waals surface area (Å²) in [6.07, 6.45) is 1.72. The fraction of sp³-hybridized carbons (Fsp3) is 0.250. The minimum absolute atomic E-state index is 0.0855. The fourth-order valence-corrected chi connectivity index (χ4v) is 3.82. The van der Waals surface area contributed by atoms with Crippen molar-refractivity contribution in [2.24, 2.45) is 0 Å². The number of nitriles is 1. The van der Waals surface area contributed by atoms with Crippen LogP contribution in [0.3, 0.4) is 0 Å². The highest BCUT2D eigenvalue weighted by atomic mass is 32.2. The Bertz CT molecular complexity index is 823. The lowest BCUT2D eigenvalue weighted by atomic mass is 10.1. The van der Waals surface area contributed by atoms with E-state index < -0.39 is 10.0 Å². The van der Waals surface area contributed by atoms with Crippen molar-refractivity contribution < 1.29 is 8.42 Å². The third-order valence-corrected chi connectivity index (χ3v) is 5.93. The van der Waals surface area contributed by atoms with Crippen molar-refractivity contribution in [3.8, 4) is 6.07 Å². The lowest BCUT2D eigenvalue weighted by molar-refractivity contribution is 0.309. The van der Waals surface area contributed by atoms with Gasteiger partial charge in [-0.25, -0.2) is 13.4 Å². The third-order valence-electron chi connectivity index (χ3n) is 4.01. The van der Waals surface area contributed by atoms with E-state index in [4.69, 9.17) is 5.26 Å². The molecule has 0 spiro atoms. The van der Waals surface area contributed by atoms with Gasteiger partial charge in [0.05, 0.1) is 22.6 Å². The second-order valence-electron chi connectivity index (χ2n) is 5.40. The molecule has 0 atom stereocenters. The van der Waals surface area contributed by atoms with Crippen molar-refractivity contribution in [1.82, 2.24) is 9.29 Å². The van der Waals surface area contributed by atoms with Crippen molar-refractivity contribution in [1.29, 1.82) is 5.26 Å². The van der Waals surface area contributed by atoms with Crippen molar-refractivity contribution in [2.75, 3.05) is 25.0 Å². The van der Waals surface area contributed by atoms with Gasteiger partial charge in [0.1, 0.15) is 5.82 Å². The molecule has 0 radical (unpaired) electrons. The van der Waals surface area contributed by atoms with Gasteiger partial charge in [-0.05, 0) is 36.4 Å². The number of benzene rings is 1. The van der Waals surface area contributed by atoms with Crippen LogP contribution >= 0.6 is 0 Å². The molecule has 1 aromatic carbocycles. The Balaban J connectivity index is 1.71. The summed E-state index contributed by atoms with van der Waals surface area (Å²) in [6.45, 7) is 1.23. The van der Waals surface area contributed by atoms with E-state index >= 15 is 0 Å². The summed E-state index contributed by atoms with van der Waals surface area (Å²) in [5, 5.41) is 8.79. The molecular formula is C16H16N4O2S. The van der Waals surface area contributed by atoms with E-state index in [1.807, 2.05) is 29.2 Å². The molecule has 2 aromatic rings. The van der Waals surface area contributed by atoms with Crippen LogP contribution in [0.2, 0.25) is 0 Å². The number of hydrogen-bond acceptors (Lipinski definition) is 5. The van der Waals surface area contributed by atoms with E-state index in [1.165, 1.54) is 28.6 Å². The molecule has 7 heteroatoms. The largest absolute Gasteiger partial charge is 0.353 e. The summed E-state index contributed by atoms with van der Waals surface area (Å²) in [5.41, 5.74) is 0.441. The molecule has 0 aliphatic carbocycles. The number of nitrogens with zero attached hydrogens (tertiary/aromatic N) is 4. The molecule has 1 aromatic heterocycles. The van der Waals surface area contributed by atoms with Gasteiger partial charge in [-0.1, -0.05) is 6.07 Å².